The molecule has 0 aliphatic rings. The highest BCUT2D eigenvalue weighted by atomic mass is 35.5. The van der Waals surface area contributed by atoms with Crippen LogP contribution in [0, 0.1) is 6.92 Å². The smallest absolute Gasteiger partial charge is 0.266 e. The van der Waals surface area contributed by atoms with Crippen LogP contribution in [0.4, 0.5) is 0 Å². The van der Waals surface area contributed by atoms with Crippen molar-refractivity contribution in [3.05, 3.63) is 55.6 Å². The molecule has 0 fully saturated rings. The molecule has 0 aliphatic heterocycles. The zero-order valence-electron chi connectivity index (χ0n) is 9.42. The highest BCUT2D eigenvalue weighted by Gasteiger charge is 2.07. The molecule has 18 heavy (non-hydrogen) atoms. The first kappa shape index (κ1) is 11.4. The lowest BCUT2D eigenvalue weighted by Gasteiger charge is -1.91. The first-order valence-electron chi connectivity index (χ1n) is 5.27. The van der Waals surface area contributed by atoms with Gasteiger partial charge in [-0.05, 0) is 30.7 Å². The maximum absolute atomic E-state index is 12.0. The molecule has 0 N–H and O–H groups in total. The lowest BCUT2D eigenvalue weighted by molar-refractivity contribution is 0.904. The molecule has 0 unspecified atom stereocenters. The van der Waals surface area contributed by atoms with Gasteiger partial charge in [-0.3, -0.25) is 4.79 Å². The van der Waals surface area contributed by atoms with Crippen LogP contribution in [0.2, 0.25) is 5.02 Å². The van der Waals surface area contributed by atoms with Crippen LogP contribution in [-0.4, -0.2) is 14.6 Å². The average molecular weight is 278 g/mol. The highest BCUT2D eigenvalue weighted by molar-refractivity contribution is 7.15. The fraction of sp³-hybridized carbons (Fsp3) is 0.0833. The van der Waals surface area contributed by atoms with Gasteiger partial charge in [0.1, 0.15) is 5.82 Å². The van der Waals surface area contributed by atoms with E-state index in [2.05, 4.69) is 10.1 Å². The number of hydrogen-bond acceptors (Lipinski definition) is 4. The Kier molecular flexibility index (Phi) is 2.65. The fourth-order valence-corrected chi connectivity index (χ4v) is 2.72. The van der Waals surface area contributed by atoms with E-state index < -0.39 is 0 Å². The molecule has 0 amide bonds. The maximum Gasteiger partial charge on any atom is 0.291 e. The van der Waals surface area contributed by atoms with E-state index in [1.54, 1.807) is 19.1 Å². The standard InChI is InChI=1S/C12H8ClN3OS/c1-7-14-12-16(15-7)11(17)10(18-12)6-8-2-4-9(13)5-3-8/h2-6H,1H3/b10-6-. The zero-order chi connectivity index (χ0) is 12.7. The molecule has 3 aromatic rings. The van der Waals surface area contributed by atoms with E-state index in [9.17, 15) is 4.79 Å². The summed E-state index contributed by atoms with van der Waals surface area (Å²) in [5.74, 6) is 0.608. The molecule has 0 saturated carbocycles. The van der Waals surface area contributed by atoms with Gasteiger partial charge in [-0.1, -0.05) is 35.1 Å². The molecule has 90 valence electrons. The number of fused-ring (bicyclic) bond motifs is 1. The van der Waals surface area contributed by atoms with Crippen molar-refractivity contribution < 1.29 is 0 Å². The number of nitrogens with zero attached hydrogens (tertiary/aromatic N) is 3. The lowest BCUT2D eigenvalue weighted by atomic mass is 10.2. The summed E-state index contributed by atoms with van der Waals surface area (Å²) in [7, 11) is 0. The maximum atomic E-state index is 12.0. The van der Waals surface area contributed by atoms with Gasteiger partial charge in [-0.15, -0.1) is 5.10 Å². The molecule has 0 bridgehead atoms. The van der Waals surface area contributed by atoms with Crippen molar-refractivity contribution in [2.45, 2.75) is 6.92 Å². The molecule has 1 aromatic carbocycles. The van der Waals surface area contributed by atoms with Gasteiger partial charge in [-0.2, -0.15) is 4.52 Å². The molecule has 0 aliphatic carbocycles. The Balaban J connectivity index is 2.19. The summed E-state index contributed by atoms with van der Waals surface area (Å²) >= 11 is 7.15. The minimum Gasteiger partial charge on any atom is -0.266 e. The van der Waals surface area contributed by atoms with E-state index in [-0.39, 0.29) is 5.56 Å². The molecule has 4 nitrogen and oxygen atoms in total. The predicted molar refractivity (Wildman–Crippen MR) is 72.1 cm³/mol. The average Bonchev–Trinajstić information content (AvgIpc) is 2.82. The number of benzene rings is 1. The number of rotatable bonds is 1. The topological polar surface area (TPSA) is 47.3 Å². The van der Waals surface area contributed by atoms with Gasteiger partial charge in [-0.25, -0.2) is 4.98 Å². The first-order valence-corrected chi connectivity index (χ1v) is 6.46. The largest absolute Gasteiger partial charge is 0.291 e. The van der Waals surface area contributed by atoms with E-state index >= 15 is 0 Å². The van der Waals surface area contributed by atoms with Gasteiger partial charge in [0.2, 0.25) is 4.96 Å². The first-order chi connectivity index (χ1) is 8.63. The van der Waals surface area contributed by atoms with Crippen LogP contribution in [0.1, 0.15) is 11.4 Å². The summed E-state index contributed by atoms with van der Waals surface area (Å²) in [5, 5.41) is 4.73. The van der Waals surface area contributed by atoms with Crippen LogP contribution < -0.4 is 10.1 Å². The Morgan fingerprint density at radius 2 is 2.06 bits per heavy atom. The molecular weight excluding hydrogens is 270 g/mol. The third-order valence-electron chi connectivity index (χ3n) is 2.46. The van der Waals surface area contributed by atoms with Crippen LogP contribution in [0.5, 0.6) is 0 Å². The second-order valence-corrected chi connectivity index (χ2v) is 5.27. The van der Waals surface area contributed by atoms with Crippen molar-refractivity contribution in [1.82, 2.24) is 14.6 Å². The second kappa shape index (κ2) is 4.19. The summed E-state index contributed by atoms with van der Waals surface area (Å²) in [4.78, 5) is 16.8. The van der Waals surface area contributed by atoms with Crippen molar-refractivity contribution in [2.75, 3.05) is 0 Å². The minimum atomic E-state index is -0.134. The Morgan fingerprint density at radius 3 is 2.72 bits per heavy atom. The highest BCUT2D eigenvalue weighted by Crippen LogP contribution is 2.10. The van der Waals surface area contributed by atoms with Crippen LogP contribution in [0.15, 0.2) is 29.1 Å². The van der Waals surface area contributed by atoms with E-state index in [0.717, 1.165) is 5.56 Å². The summed E-state index contributed by atoms with van der Waals surface area (Å²) < 4.78 is 1.95. The van der Waals surface area contributed by atoms with Crippen molar-refractivity contribution >= 4 is 34.0 Å². The molecule has 0 atom stereocenters. The summed E-state index contributed by atoms with van der Waals surface area (Å²) in [5.41, 5.74) is 0.795. The van der Waals surface area contributed by atoms with Gasteiger partial charge in [0.05, 0.1) is 4.53 Å². The van der Waals surface area contributed by atoms with E-state index in [1.807, 2.05) is 18.2 Å². The van der Waals surface area contributed by atoms with E-state index in [4.69, 9.17) is 11.6 Å². The number of aromatic nitrogens is 3. The molecule has 3 rings (SSSR count). The Hall–Kier alpha value is -1.72. The Bertz CT molecular complexity index is 819. The van der Waals surface area contributed by atoms with Crippen molar-refractivity contribution in [1.29, 1.82) is 0 Å². The van der Waals surface area contributed by atoms with Gasteiger partial charge in [0.15, 0.2) is 0 Å². The Labute approximate surface area is 111 Å². The van der Waals surface area contributed by atoms with Gasteiger partial charge < -0.3 is 0 Å². The van der Waals surface area contributed by atoms with Crippen molar-refractivity contribution in [3.8, 4) is 0 Å². The van der Waals surface area contributed by atoms with Crippen LogP contribution in [0.25, 0.3) is 11.0 Å². The van der Waals surface area contributed by atoms with Crippen LogP contribution in [-0.2, 0) is 0 Å². The van der Waals surface area contributed by atoms with Crippen molar-refractivity contribution in [2.24, 2.45) is 0 Å². The van der Waals surface area contributed by atoms with Gasteiger partial charge in [0.25, 0.3) is 5.56 Å². The summed E-state index contributed by atoms with van der Waals surface area (Å²) in [6.07, 6.45) is 1.81. The lowest BCUT2D eigenvalue weighted by Crippen LogP contribution is -2.23. The molecule has 2 heterocycles. The molecule has 6 heteroatoms. The predicted octanol–water partition coefficient (Wildman–Crippen LogP) is 1.66. The van der Waals surface area contributed by atoms with Crippen LogP contribution in [0.3, 0.4) is 0 Å². The van der Waals surface area contributed by atoms with Crippen LogP contribution >= 0.6 is 22.9 Å². The zero-order valence-corrected chi connectivity index (χ0v) is 11.0. The van der Waals surface area contributed by atoms with Crippen molar-refractivity contribution in [3.63, 3.8) is 0 Å². The number of hydrogen-bond donors (Lipinski definition) is 0. The quantitative estimate of drug-likeness (QED) is 0.680. The molecule has 2 aromatic heterocycles. The summed E-state index contributed by atoms with van der Waals surface area (Å²) in [6, 6.07) is 7.31. The summed E-state index contributed by atoms with van der Waals surface area (Å²) in [6.45, 7) is 1.77. The van der Waals surface area contributed by atoms with E-state index in [1.165, 1.54) is 15.9 Å². The fourth-order valence-electron chi connectivity index (χ4n) is 1.64. The molecular formula is C12H8ClN3OS. The molecule has 0 saturated heterocycles. The monoisotopic (exact) mass is 277 g/mol. The third-order valence-corrected chi connectivity index (χ3v) is 3.67. The molecule has 0 radical (unpaired) electrons. The van der Waals surface area contributed by atoms with Gasteiger partial charge in [0, 0.05) is 5.02 Å². The normalized spacial score (nSPS) is 12.4. The van der Waals surface area contributed by atoms with Gasteiger partial charge >= 0.3 is 0 Å². The molecule has 0 spiro atoms. The SMILES string of the molecule is Cc1nc2s/c(=C\c3ccc(Cl)cc3)c(=O)n2n1. The number of aryl methyl sites for hydroxylation is 1. The second-order valence-electron chi connectivity index (χ2n) is 3.82. The Morgan fingerprint density at radius 1 is 1.33 bits per heavy atom. The minimum absolute atomic E-state index is 0.134. The third kappa shape index (κ3) is 1.91. The number of thiazole rings is 1. The van der Waals surface area contributed by atoms with E-state index in [0.29, 0.717) is 20.3 Å². The number of halogens is 1.